The van der Waals surface area contributed by atoms with Gasteiger partial charge < -0.3 is 10.2 Å². The Bertz CT molecular complexity index is 292. The summed E-state index contributed by atoms with van der Waals surface area (Å²) in [5.41, 5.74) is 0. The standard InChI is InChI=1S/C10H22FN3O2S/c11-3-1-10-17(15,16)13-4-2-7-14-8-5-12-6-9-14/h12-13H,1-10H2. The molecule has 0 aromatic rings. The first kappa shape index (κ1) is 14.8. The summed E-state index contributed by atoms with van der Waals surface area (Å²) < 4.78 is 37.0. The van der Waals surface area contributed by atoms with Gasteiger partial charge in [0.15, 0.2) is 0 Å². The number of hydrogen-bond donors (Lipinski definition) is 2. The maximum absolute atomic E-state index is 11.8. The zero-order chi connectivity index (χ0) is 12.6. The van der Waals surface area contributed by atoms with Gasteiger partial charge in [-0.2, -0.15) is 0 Å². The first-order chi connectivity index (χ1) is 8.14. The van der Waals surface area contributed by atoms with Crippen molar-refractivity contribution in [3.63, 3.8) is 0 Å². The van der Waals surface area contributed by atoms with E-state index in [1.807, 2.05) is 0 Å². The van der Waals surface area contributed by atoms with E-state index >= 15 is 0 Å². The van der Waals surface area contributed by atoms with Crippen molar-refractivity contribution in [2.24, 2.45) is 0 Å². The quantitative estimate of drug-likeness (QED) is 0.585. The van der Waals surface area contributed by atoms with Crippen LogP contribution in [0.5, 0.6) is 0 Å². The van der Waals surface area contributed by atoms with Crippen molar-refractivity contribution in [1.82, 2.24) is 14.9 Å². The van der Waals surface area contributed by atoms with Gasteiger partial charge in [0.1, 0.15) is 0 Å². The van der Waals surface area contributed by atoms with Crippen molar-refractivity contribution in [2.75, 3.05) is 51.7 Å². The number of nitrogens with zero attached hydrogens (tertiary/aromatic N) is 1. The first-order valence-corrected chi connectivity index (χ1v) is 7.76. The third-order valence-electron chi connectivity index (χ3n) is 2.73. The van der Waals surface area contributed by atoms with Crippen LogP contribution in [0.25, 0.3) is 0 Å². The second kappa shape index (κ2) is 7.97. The van der Waals surface area contributed by atoms with Crippen LogP contribution < -0.4 is 10.0 Å². The highest BCUT2D eigenvalue weighted by Crippen LogP contribution is 1.95. The highest BCUT2D eigenvalue weighted by molar-refractivity contribution is 7.89. The van der Waals surface area contributed by atoms with Crippen LogP contribution in [0.4, 0.5) is 4.39 Å². The third kappa shape index (κ3) is 6.92. The average Bonchev–Trinajstić information content (AvgIpc) is 2.34. The Labute approximate surface area is 103 Å². The molecule has 0 aliphatic carbocycles. The van der Waals surface area contributed by atoms with Crippen LogP contribution in [0, 0.1) is 0 Å². The van der Waals surface area contributed by atoms with E-state index < -0.39 is 16.7 Å². The molecule has 7 heteroatoms. The first-order valence-electron chi connectivity index (χ1n) is 6.10. The van der Waals surface area contributed by atoms with Crippen molar-refractivity contribution in [3.05, 3.63) is 0 Å². The number of hydrogen-bond acceptors (Lipinski definition) is 4. The summed E-state index contributed by atoms with van der Waals surface area (Å²) in [6, 6.07) is 0. The number of sulfonamides is 1. The predicted molar refractivity (Wildman–Crippen MR) is 66.3 cm³/mol. The van der Waals surface area contributed by atoms with Gasteiger partial charge in [-0.05, 0) is 19.4 Å². The van der Waals surface area contributed by atoms with Gasteiger partial charge in [0.2, 0.25) is 10.0 Å². The van der Waals surface area contributed by atoms with Crippen LogP contribution in [0.1, 0.15) is 12.8 Å². The van der Waals surface area contributed by atoms with Gasteiger partial charge in [-0.15, -0.1) is 0 Å². The summed E-state index contributed by atoms with van der Waals surface area (Å²) in [6.45, 7) is 4.82. The molecule has 0 bridgehead atoms. The molecule has 1 aliphatic heterocycles. The number of piperazine rings is 1. The lowest BCUT2D eigenvalue weighted by molar-refractivity contribution is 0.239. The van der Waals surface area contributed by atoms with Crippen molar-refractivity contribution >= 4 is 10.0 Å². The molecule has 0 spiro atoms. The molecule has 5 nitrogen and oxygen atoms in total. The van der Waals surface area contributed by atoms with Crippen LogP contribution in [-0.4, -0.2) is 65.0 Å². The lowest BCUT2D eigenvalue weighted by atomic mass is 10.3. The number of nitrogens with one attached hydrogen (secondary N) is 2. The molecule has 1 aliphatic rings. The fraction of sp³-hybridized carbons (Fsp3) is 1.00. The molecule has 1 heterocycles. The van der Waals surface area contributed by atoms with E-state index in [1.165, 1.54) is 0 Å². The van der Waals surface area contributed by atoms with E-state index in [4.69, 9.17) is 0 Å². The lowest BCUT2D eigenvalue weighted by Gasteiger charge is -2.27. The Morgan fingerprint density at radius 3 is 2.59 bits per heavy atom. The molecule has 1 saturated heterocycles. The van der Waals surface area contributed by atoms with Crippen LogP contribution in [0.3, 0.4) is 0 Å². The minimum absolute atomic E-state index is 0.0765. The second-order valence-corrected chi connectivity index (χ2v) is 6.13. The van der Waals surface area contributed by atoms with Crippen molar-refractivity contribution in [3.8, 4) is 0 Å². The fourth-order valence-electron chi connectivity index (χ4n) is 1.78. The minimum Gasteiger partial charge on any atom is -0.314 e. The minimum atomic E-state index is -3.27. The highest BCUT2D eigenvalue weighted by atomic mass is 32.2. The van der Waals surface area contributed by atoms with Crippen LogP contribution in [0.2, 0.25) is 0 Å². The lowest BCUT2D eigenvalue weighted by Crippen LogP contribution is -2.44. The Hall–Kier alpha value is -0.240. The molecule has 0 amide bonds. The average molecular weight is 267 g/mol. The molecule has 0 unspecified atom stereocenters. The summed E-state index contributed by atoms with van der Waals surface area (Å²) in [7, 11) is -3.27. The van der Waals surface area contributed by atoms with Gasteiger partial charge in [0, 0.05) is 32.7 Å². The van der Waals surface area contributed by atoms with Gasteiger partial charge >= 0.3 is 0 Å². The summed E-state index contributed by atoms with van der Waals surface area (Å²) in [6.07, 6.45) is 0.877. The molecule has 17 heavy (non-hydrogen) atoms. The number of rotatable bonds is 8. The predicted octanol–water partition coefficient (Wildman–Crippen LogP) is -0.439. The summed E-state index contributed by atoms with van der Waals surface area (Å²) in [5.74, 6) is -0.114. The van der Waals surface area contributed by atoms with Gasteiger partial charge in [0.25, 0.3) is 0 Å². The molecule has 0 radical (unpaired) electrons. The molecule has 1 rings (SSSR count). The Morgan fingerprint density at radius 1 is 1.24 bits per heavy atom. The number of halogens is 1. The van der Waals surface area contributed by atoms with Crippen molar-refractivity contribution in [1.29, 1.82) is 0 Å². The largest absolute Gasteiger partial charge is 0.314 e. The smallest absolute Gasteiger partial charge is 0.211 e. The zero-order valence-electron chi connectivity index (χ0n) is 10.1. The van der Waals surface area contributed by atoms with Gasteiger partial charge in [-0.1, -0.05) is 0 Å². The van der Waals surface area contributed by atoms with Gasteiger partial charge in [-0.3, -0.25) is 4.39 Å². The van der Waals surface area contributed by atoms with Crippen molar-refractivity contribution < 1.29 is 12.8 Å². The Balaban J connectivity index is 2.06. The monoisotopic (exact) mass is 267 g/mol. The summed E-state index contributed by atoms with van der Waals surface area (Å²) >= 11 is 0. The molecule has 1 fully saturated rings. The Kier molecular flexibility index (Phi) is 6.94. The van der Waals surface area contributed by atoms with E-state index in [2.05, 4.69) is 14.9 Å². The second-order valence-electron chi connectivity index (χ2n) is 4.20. The Morgan fingerprint density at radius 2 is 1.94 bits per heavy atom. The molecule has 0 aromatic carbocycles. The molecule has 0 saturated carbocycles. The van der Waals surface area contributed by atoms with Crippen LogP contribution in [-0.2, 0) is 10.0 Å². The molecule has 102 valence electrons. The molecule has 0 aromatic heterocycles. The topological polar surface area (TPSA) is 61.4 Å². The van der Waals surface area contributed by atoms with E-state index in [0.29, 0.717) is 6.54 Å². The van der Waals surface area contributed by atoms with E-state index in [9.17, 15) is 12.8 Å². The SMILES string of the molecule is O=S(=O)(CCCF)NCCCN1CCNCC1. The third-order valence-corrected chi connectivity index (χ3v) is 4.20. The van der Waals surface area contributed by atoms with E-state index in [1.54, 1.807) is 0 Å². The molecule has 2 N–H and O–H groups in total. The maximum Gasteiger partial charge on any atom is 0.211 e. The summed E-state index contributed by atoms with van der Waals surface area (Å²) in [5, 5.41) is 3.26. The van der Waals surface area contributed by atoms with Crippen LogP contribution in [0.15, 0.2) is 0 Å². The van der Waals surface area contributed by atoms with E-state index in [-0.39, 0.29) is 12.2 Å². The number of alkyl halides is 1. The zero-order valence-corrected chi connectivity index (χ0v) is 10.9. The van der Waals surface area contributed by atoms with Gasteiger partial charge in [0.05, 0.1) is 12.4 Å². The molecular weight excluding hydrogens is 245 g/mol. The normalized spacial score (nSPS) is 18.4. The molecule has 0 atom stereocenters. The van der Waals surface area contributed by atoms with Crippen LogP contribution >= 0.6 is 0 Å². The van der Waals surface area contributed by atoms with E-state index in [0.717, 1.165) is 39.1 Å². The van der Waals surface area contributed by atoms with Crippen molar-refractivity contribution in [2.45, 2.75) is 12.8 Å². The summed E-state index contributed by atoms with van der Waals surface area (Å²) in [4.78, 5) is 2.31. The fourth-order valence-corrected chi connectivity index (χ4v) is 2.87. The maximum atomic E-state index is 11.8. The molecular formula is C10H22FN3O2S. The highest BCUT2D eigenvalue weighted by Gasteiger charge is 2.11. The van der Waals surface area contributed by atoms with Gasteiger partial charge in [-0.25, -0.2) is 13.1 Å².